The molecule has 4 bridgehead atoms. The van der Waals surface area contributed by atoms with Gasteiger partial charge in [0.05, 0.1) is 26.3 Å². The average Bonchev–Trinajstić information content (AvgIpc) is 2.76. The van der Waals surface area contributed by atoms with Crippen molar-refractivity contribution in [1.29, 1.82) is 0 Å². The average molecular weight is 662 g/mol. The SMILES string of the molecule is CN1CCN=Cc2cccc(c2O)OCCOCCOc2cccc(c2O)C=NCC1.O.O.O.O.[Dy+3]. The summed E-state index contributed by atoms with van der Waals surface area (Å²) >= 11 is 0. The number of para-hydroxylation sites is 2. The van der Waals surface area contributed by atoms with Crippen molar-refractivity contribution in [2.45, 2.75) is 0 Å². The maximum absolute atomic E-state index is 10.4. The van der Waals surface area contributed by atoms with E-state index in [1.165, 1.54) is 0 Å². The van der Waals surface area contributed by atoms with Crippen molar-refractivity contribution in [2.24, 2.45) is 9.98 Å². The largest absolute Gasteiger partial charge is 3.00 e. The number of aliphatic imine (C=N–C) groups is 2. The second kappa shape index (κ2) is 21.1. The van der Waals surface area contributed by atoms with Crippen molar-refractivity contribution in [2.75, 3.05) is 59.7 Å². The predicted molar refractivity (Wildman–Crippen MR) is 135 cm³/mol. The van der Waals surface area contributed by atoms with Crippen LogP contribution in [-0.2, 0) is 4.74 Å². The molecule has 36 heavy (non-hydrogen) atoms. The van der Waals surface area contributed by atoms with E-state index in [4.69, 9.17) is 14.2 Å². The van der Waals surface area contributed by atoms with Gasteiger partial charge in [0, 0.05) is 36.6 Å². The number of hydrogen-bond donors (Lipinski definition) is 2. The fourth-order valence-corrected chi connectivity index (χ4v) is 2.94. The molecule has 0 fully saturated rings. The quantitative estimate of drug-likeness (QED) is 0.362. The molecule has 3 rings (SSSR count). The number of nitrogens with zero attached hydrogens (tertiary/aromatic N) is 3. The van der Waals surface area contributed by atoms with E-state index in [0.717, 1.165) is 13.1 Å². The van der Waals surface area contributed by atoms with Crippen molar-refractivity contribution in [1.82, 2.24) is 4.90 Å². The van der Waals surface area contributed by atoms with Crippen LogP contribution in [0.4, 0.5) is 0 Å². The van der Waals surface area contributed by atoms with Gasteiger partial charge in [-0.2, -0.15) is 0 Å². The van der Waals surface area contributed by atoms with Gasteiger partial charge in [-0.1, -0.05) is 12.1 Å². The van der Waals surface area contributed by atoms with Crippen molar-refractivity contribution in [3.8, 4) is 23.0 Å². The molecule has 205 valence electrons. The summed E-state index contributed by atoms with van der Waals surface area (Å²) in [6.45, 7) is 3.96. The summed E-state index contributed by atoms with van der Waals surface area (Å²) in [6.07, 6.45) is 3.31. The molecule has 1 aliphatic rings. The number of aromatic hydroxyl groups is 2. The van der Waals surface area contributed by atoms with E-state index in [0.29, 0.717) is 48.9 Å². The molecular weight excluding hydrogens is 625 g/mol. The number of likely N-dealkylation sites (N-methyl/N-ethyl adjacent to an activating group) is 1. The van der Waals surface area contributed by atoms with Gasteiger partial charge in [-0.15, -0.1) is 0 Å². The summed E-state index contributed by atoms with van der Waals surface area (Å²) < 4.78 is 16.8. The summed E-state index contributed by atoms with van der Waals surface area (Å²) in [6, 6.07) is 10.6. The zero-order valence-electron chi connectivity index (χ0n) is 20.1. The van der Waals surface area contributed by atoms with E-state index in [2.05, 4.69) is 14.9 Å². The van der Waals surface area contributed by atoms with E-state index >= 15 is 0 Å². The summed E-state index contributed by atoms with van der Waals surface area (Å²) in [5.41, 5.74) is 1.23. The third-order valence-electron chi connectivity index (χ3n) is 4.71. The molecule has 0 aliphatic carbocycles. The first kappa shape index (κ1) is 38.5. The fourth-order valence-electron chi connectivity index (χ4n) is 2.94. The normalized spacial score (nSPS) is 14.7. The molecule has 0 saturated heterocycles. The molecule has 0 atom stereocenters. The Bertz CT molecular complexity index is 845. The number of phenols is 2. The maximum atomic E-state index is 10.4. The van der Waals surface area contributed by atoms with E-state index in [9.17, 15) is 10.2 Å². The molecule has 1 radical (unpaired) electrons. The topological polar surface area (TPSA) is 222 Å². The van der Waals surface area contributed by atoms with Crippen LogP contribution in [0.1, 0.15) is 11.1 Å². The Morgan fingerprint density at radius 3 is 1.53 bits per heavy atom. The minimum absolute atomic E-state index is 0. The zero-order chi connectivity index (χ0) is 21.9. The Balaban J connectivity index is -0.00000218. The van der Waals surface area contributed by atoms with Crippen LogP contribution < -0.4 is 9.47 Å². The number of hydrogen-bond acceptors (Lipinski definition) is 8. The molecule has 0 aromatic heterocycles. The molecule has 0 saturated carbocycles. The summed E-state index contributed by atoms with van der Waals surface area (Å²) in [5.74, 6) is 0.912. The van der Waals surface area contributed by atoms with Crippen LogP contribution in [0.2, 0.25) is 0 Å². The van der Waals surface area contributed by atoms with Crippen molar-refractivity contribution in [3.05, 3.63) is 47.5 Å². The van der Waals surface area contributed by atoms with Crippen LogP contribution in [0.25, 0.3) is 0 Å². The first-order chi connectivity index (χ1) is 15.1. The summed E-state index contributed by atoms with van der Waals surface area (Å²) in [7, 11) is 2.00. The van der Waals surface area contributed by atoms with Crippen LogP contribution in [-0.4, -0.2) is 109 Å². The van der Waals surface area contributed by atoms with Crippen LogP contribution in [0, 0.1) is 38.2 Å². The van der Waals surface area contributed by atoms with Crippen LogP contribution in [0.3, 0.4) is 0 Å². The molecule has 10 N–H and O–H groups in total. The Morgan fingerprint density at radius 1 is 0.694 bits per heavy atom. The molecule has 2 aromatic rings. The fraction of sp³-hybridized carbons (Fsp3) is 0.391. The van der Waals surface area contributed by atoms with Gasteiger partial charge in [0.25, 0.3) is 0 Å². The van der Waals surface area contributed by atoms with Crippen LogP contribution >= 0.6 is 0 Å². The first-order valence-electron chi connectivity index (χ1n) is 10.3. The molecule has 13 heteroatoms. The number of benzene rings is 2. The predicted octanol–water partition coefficient (Wildman–Crippen LogP) is -0.943. The third-order valence-corrected chi connectivity index (χ3v) is 4.71. The molecule has 1 heterocycles. The van der Waals surface area contributed by atoms with Gasteiger partial charge in [0.2, 0.25) is 0 Å². The Kier molecular flexibility index (Phi) is 22.6. The number of fused-ring (bicyclic) bond motifs is 4. The van der Waals surface area contributed by atoms with Crippen LogP contribution in [0.5, 0.6) is 23.0 Å². The summed E-state index contributed by atoms with van der Waals surface area (Å²) in [4.78, 5) is 10.9. The van der Waals surface area contributed by atoms with Gasteiger partial charge in [0.15, 0.2) is 23.0 Å². The number of ether oxygens (including phenoxy) is 3. The molecule has 12 nitrogen and oxygen atoms in total. The van der Waals surface area contributed by atoms with Crippen LogP contribution in [0.15, 0.2) is 46.4 Å². The van der Waals surface area contributed by atoms with Gasteiger partial charge in [0.1, 0.15) is 13.2 Å². The van der Waals surface area contributed by atoms with E-state index in [1.807, 2.05) is 19.2 Å². The number of phenolic OH excluding ortho intramolecular Hbond substituents is 2. The zero-order valence-corrected chi connectivity index (χ0v) is 22.1. The Labute approximate surface area is 240 Å². The standard InChI is InChI=1S/C23H29N3O5.Dy.4H2O/c1-26-10-8-24-16-18-4-2-6-20(22(18)27)30-14-12-29-13-15-31-21-7-3-5-19(23(21)28)17-25-9-11-26;;;;;/h2-7,16-17,27-28H,8-15H2,1H3;;4*1H2/q;+3;;;;. The maximum Gasteiger partial charge on any atom is 3.00 e. The van der Waals surface area contributed by atoms with Gasteiger partial charge in [-0.05, 0) is 31.3 Å². The minimum Gasteiger partial charge on any atom is -0.504 e. The second-order valence-corrected chi connectivity index (χ2v) is 7.07. The Morgan fingerprint density at radius 2 is 1.11 bits per heavy atom. The monoisotopic (exact) mass is 663 g/mol. The van der Waals surface area contributed by atoms with Gasteiger partial charge in [-0.25, -0.2) is 0 Å². The molecular formula is C23H37DyN3O9+3. The molecule has 2 aromatic carbocycles. The van der Waals surface area contributed by atoms with E-state index in [-0.39, 0.29) is 84.8 Å². The van der Waals surface area contributed by atoms with Gasteiger partial charge >= 0.3 is 38.2 Å². The van der Waals surface area contributed by atoms with Crippen molar-refractivity contribution in [3.63, 3.8) is 0 Å². The third kappa shape index (κ3) is 12.3. The molecule has 1 aliphatic heterocycles. The number of rotatable bonds is 0. The minimum atomic E-state index is 0. The molecule has 0 amide bonds. The first-order valence-corrected chi connectivity index (χ1v) is 10.3. The summed E-state index contributed by atoms with van der Waals surface area (Å²) in [5, 5.41) is 20.8. The van der Waals surface area contributed by atoms with Gasteiger partial charge < -0.3 is 51.2 Å². The Hall–Kier alpha value is -1.99. The van der Waals surface area contributed by atoms with Crippen molar-refractivity contribution >= 4 is 12.4 Å². The van der Waals surface area contributed by atoms with Gasteiger partial charge in [-0.3, -0.25) is 9.98 Å². The molecule has 0 unspecified atom stereocenters. The van der Waals surface area contributed by atoms with Crippen molar-refractivity contribution < 1.29 is 84.5 Å². The second-order valence-electron chi connectivity index (χ2n) is 7.07. The smallest absolute Gasteiger partial charge is 0.504 e. The molecule has 0 spiro atoms. The van der Waals surface area contributed by atoms with E-state index in [1.54, 1.807) is 36.7 Å². The van der Waals surface area contributed by atoms with E-state index < -0.39 is 0 Å².